The minimum Gasteiger partial charge on any atom is -0.507 e. The zero-order valence-corrected chi connectivity index (χ0v) is 22.9. The van der Waals surface area contributed by atoms with E-state index in [1.165, 1.54) is 31.4 Å². The molecular weight excluding hydrogens is 576 g/mol. The van der Waals surface area contributed by atoms with Gasteiger partial charge in [0, 0.05) is 17.2 Å². The van der Waals surface area contributed by atoms with Crippen LogP contribution in [0.15, 0.2) is 24.3 Å². The summed E-state index contributed by atoms with van der Waals surface area (Å²) in [5.41, 5.74) is -0.0896. The lowest BCUT2D eigenvalue weighted by Gasteiger charge is -2.42. The van der Waals surface area contributed by atoms with Gasteiger partial charge in [-0.15, -0.1) is 0 Å². The Morgan fingerprint density at radius 3 is 2.00 bits per heavy atom. The number of fused-ring (bicyclic) bond motifs is 2. The minimum absolute atomic E-state index is 0.0212. The molecule has 10 atom stereocenters. The van der Waals surface area contributed by atoms with Crippen LogP contribution in [0.2, 0.25) is 0 Å². The largest absolute Gasteiger partial charge is 0.507 e. The summed E-state index contributed by atoms with van der Waals surface area (Å²) in [4.78, 5) is 27.0. The second kappa shape index (κ2) is 12.0. The third kappa shape index (κ3) is 5.49. The molecule has 2 aliphatic heterocycles. The molecule has 2 fully saturated rings. The number of aliphatic hydroxyl groups excluding tert-OH is 7. The zero-order valence-electron chi connectivity index (χ0n) is 22.9. The van der Waals surface area contributed by atoms with Crippen LogP contribution in [0.5, 0.6) is 17.2 Å². The van der Waals surface area contributed by atoms with Crippen LogP contribution in [-0.2, 0) is 14.2 Å². The number of aryl methyl sites for hydroxylation is 1. The highest BCUT2D eigenvalue weighted by molar-refractivity contribution is 6.30. The molecule has 0 spiro atoms. The lowest BCUT2D eigenvalue weighted by Crippen LogP contribution is -2.62. The van der Waals surface area contributed by atoms with Crippen molar-refractivity contribution in [2.75, 3.05) is 20.3 Å². The lowest BCUT2D eigenvalue weighted by molar-refractivity contribution is -0.323. The number of ketones is 2. The molecule has 0 saturated carbocycles. The number of hydrogen-bond donors (Lipinski definition) is 8. The number of aromatic hydroxyl groups is 1. The summed E-state index contributed by atoms with van der Waals surface area (Å²) >= 11 is 0. The van der Waals surface area contributed by atoms with Gasteiger partial charge in [0.25, 0.3) is 0 Å². The number of hydrogen-bond acceptors (Lipinski definition) is 15. The summed E-state index contributed by atoms with van der Waals surface area (Å²) in [6.45, 7) is 0.330. The average Bonchev–Trinajstić information content (AvgIpc) is 2.98. The van der Waals surface area contributed by atoms with E-state index in [2.05, 4.69) is 0 Å². The number of phenolic OH excluding ortho intramolecular Hbond substituents is 1. The van der Waals surface area contributed by atoms with E-state index in [0.717, 1.165) is 0 Å². The first-order chi connectivity index (χ1) is 20.4. The topological polar surface area (TPSA) is 242 Å². The predicted octanol–water partition coefficient (Wildman–Crippen LogP) is -2.51. The van der Waals surface area contributed by atoms with Crippen LogP contribution in [0, 0.1) is 6.92 Å². The maximum Gasteiger partial charge on any atom is 0.229 e. The molecule has 2 aromatic carbocycles. The second-order valence-electron chi connectivity index (χ2n) is 10.6. The molecule has 234 valence electrons. The number of rotatable bonds is 7. The summed E-state index contributed by atoms with van der Waals surface area (Å²) in [5.74, 6) is -1.96. The van der Waals surface area contributed by atoms with E-state index in [-0.39, 0.29) is 33.8 Å². The smallest absolute Gasteiger partial charge is 0.229 e. The van der Waals surface area contributed by atoms with Crippen molar-refractivity contribution in [3.05, 3.63) is 52.1 Å². The van der Waals surface area contributed by atoms with Gasteiger partial charge in [-0.2, -0.15) is 0 Å². The molecule has 0 bridgehead atoms. The van der Waals surface area contributed by atoms with Crippen LogP contribution < -0.4 is 9.47 Å². The maximum atomic E-state index is 13.6. The highest BCUT2D eigenvalue weighted by Crippen LogP contribution is 2.41. The molecule has 0 amide bonds. The molecule has 15 heteroatoms. The minimum atomic E-state index is -1.88. The second-order valence-corrected chi connectivity index (χ2v) is 10.6. The molecule has 3 aliphatic rings. The van der Waals surface area contributed by atoms with Gasteiger partial charge in [0.1, 0.15) is 66.1 Å². The Bertz CT molecular complexity index is 1390. The number of aliphatic hydroxyl groups is 7. The number of carbonyl (C=O) groups is 2. The van der Waals surface area contributed by atoms with E-state index < -0.39 is 91.9 Å². The Morgan fingerprint density at radius 2 is 1.35 bits per heavy atom. The molecule has 0 unspecified atom stereocenters. The molecule has 43 heavy (non-hydrogen) atoms. The van der Waals surface area contributed by atoms with Crippen LogP contribution in [0.3, 0.4) is 0 Å². The molecule has 0 aromatic heterocycles. The van der Waals surface area contributed by atoms with Gasteiger partial charge in [0.05, 0.1) is 31.5 Å². The Hall–Kier alpha value is -3.22. The van der Waals surface area contributed by atoms with Crippen molar-refractivity contribution in [3.63, 3.8) is 0 Å². The van der Waals surface area contributed by atoms with Gasteiger partial charge in [-0.25, -0.2) is 0 Å². The van der Waals surface area contributed by atoms with Crippen LogP contribution >= 0.6 is 0 Å². The van der Waals surface area contributed by atoms with E-state index in [0.29, 0.717) is 5.56 Å². The number of ether oxygens (including phenoxy) is 5. The Balaban J connectivity index is 1.41. The Labute approximate surface area is 244 Å². The predicted molar refractivity (Wildman–Crippen MR) is 140 cm³/mol. The van der Waals surface area contributed by atoms with Crippen molar-refractivity contribution in [2.45, 2.75) is 68.3 Å². The first kappa shape index (κ1) is 31.2. The molecular formula is C28H32O15. The normalized spacial score (nSPS) is 34.0. The molecule has 2 aromatic rings. The Morgan fingerprint density at radius 1 is 0.744 bits per heavy atom. The summed E-state index contributed by atoms with van der Waals surface area (Å²) < 4.78 is 27.4. The van der Waals surface area contributed by atoms with E-state index >= 15 is 0 Å². The Kier molecular flexibility index (Phi) is 8.75. The molecule has 15 nitrogen and oxygen atoms in total. The highest BCUT2D eigenvalue weighted by Gasteiger charge is 2.48. The van der Waals surface area contributed by atoms with Gasteiger partial charge in [0.15, 0.2) is 12.1 Å². The molecule has 1 aliphatic carbocycles. The molecule has 2 heterocycles. The van der Waals surface area contributed by atoms with Crippen molar-refractivity contribution >= 4 is 11.6 Å². The van der Waals surface area contributed by atoms with Crippen LogP contribution in [0.25, 0.3) is 0 Å². The van der Waals surface area contributed by atoms with Crippen molar-refractivity contribution in [1.82, 2.24) is 0 Å². The van der Waals surface area contributed by atoms with Gasteiger partial charge in [-0.1, -0.05) is 0 Å². The number of benzene rings is 2. The highest BCUT2D eigenvalue weighted by atomic mass is 16.7. The summed E-state index contributed by atoms with van der Waals surface area (Å²) in [6.07, 6.45) is -16.7. The quantitative estimate of drug-likeness (QED) is 0.138. The fraction of sp³-hybridized carbons (Fsp3) is 0.500. The van der Waals surface area contributed by atoms with Crippen molar-refractivity contribution < 1.29 is 74.1 Å². The van der Waals surface area contributed by atoms with Crippen LogP contribution in [0.1, 0.15) is 37.4 Å². The van der Waals surface area contributed by atoms with Gasteiger partial charge < -0.3 is 64.5 Å². The van der Waals surface area contributed by atoms with Crippen molar-refractivity contribution in [3.8, 4) is 17.2 Å². The van der Waals surface area contributed by atoms with Gasteiger partial charge in [-0.3, -0.25) is 9.59 Å². The zero-order chi connectivity index (χ0) is 31.3. The average molecular weight is 609 g/mol. The van der Waals surface area contributed by atoms with Gasteiger partial charge in [0.2, 0.25) is 12.1 Å². The standard InChI is InChI=1S/C28H32O15/c1-9-3-11-17(13(30)4-9)22(34)18-12(19(11)31)5-10(39-2)6-14(18)41-28-26(38)24(36)21(33)16(43-28)8-40-27-25(37)23(35)20(32)15(7-29)42-27/h3-6,15-16,20-21,23-30,32-33,35-38H,7-8H2,1-2H3/t15-,16-,20-,21-,23+,24+,25+,26-,27-,28-/m1/s1. The first-order valence-corrected chi connectivity index (χ1v) is 13.3. The SMILES string of the molecule is COc1cc(O[C@@H]2O[C@H](CO[C@@H]3O[C@H](CO)[C@@H](O)[C@H](O)[C@@H]3O)[C@@H](O)[C@H](O)[C@H]2O)c2c(c1)C(=O)c1cc(C)cc(O)c1C2=O. The number of carbonyl (C=O) groups excluding carboxylic acids is 2. The van der Waals surface area contributed by atoms with Gasteiger partial charge in [-0.05, 0) is 30.7 Å². The maximum absolute atomic E-state index is 13.6. The third-order valence-corrected chi connectivity index (χ3v) is 7.70. The molecule has 8 N–H and O–H groups in total. The number of phenols is 1. The summed E-state index contributed by atoms with van der Waals surface area (Å²) in [6, 6.07) is 5.35. The monoisotopic (exact) mass is 608 g/mol. The molecule has 5 rings (SSSR count). The van der Waals surface area contributed by atoms with Crippen LogP contribution in [-0.4, -0.2) is 134 Å². The van der Waals surface area contributed by atoms with Crippen LogP contribution in [0.4, 0.5) is 0 Å². The fourth-order valence-electron chi connectivity index (χ4n) is 5.34. The number of methoxy groups -OCH3 is 1. The third-order valence-electron chi connectivity index (χ3n) is 7.70. The lowest BCUT2D eigenvalue weighted by atomic mass is 9.82. The van der Waals surface area contributed by atoms with Gasteiger partial charge >= 0.3 is 0 Å². The van der Waals surface area contributed by atoms with Crippen molar-refractivity contribution in [1.29, 1.82) is 0 Å². The summed E-state index contributed by atoms with van der Waals surface area (Å²) in [5, 5.41) is 81.8. The van der Waals surface area contributed by atoms with E-state index in [1.54, 1.807) is 6.92 Å². The first-order valence-electron chi connectivity index (χ1n) is 13.3. The molecule has 2 saturated heterocycles. The summed E-state index contributed by atoms with van der Waals surface area (Å²) in [7, 11) is 1.31. The van der Waals surface area contributed by atoms with E-state index in [9.17, 15) is 50.4 Å². The fourth-order valence-corrected chi connectivity index (χ4v) is 5.34. The van der Waals surface area contributed by atoms with Crippen molar-refractivity contribution in [2.24, 2.45) is 0 Å². The molecule has 0 radical (unpaired) electrons. The van der Waals surface area contributed by atoms with E-state index in [4.69, 9.17) is 23.7 Å². The van der Waals surface area contributed by atoms with E-state index in [1.807, 2.05) is 0 Å².